The number of rotatable bonds is 10. The van der Waals surface area contributed by atoms with Gasteiger partial charge in [-0.05, 0) is 97.5 Å². The summed E-state index contributed by atoms with van der Waals surface area (Å²) in [6, 6.07) is 20.7. The van der Waals surface area contributed by atoms with Gasteiger partial charge in [0.15, 0.2) is 0 Å². The predicted molar refractivity (Wildman–Crippen MR) is 181 cm³/mol. The zero-order valence-electron chi connectivity index (χ0n) is 26.6. The lowest BCUT2D eigenvalue weighted by molar-refractivity contribution is -0.535. The molecule has 44 heavy (non-hydrogen) atoms. The van der Waals surface area contributed by atoms with Crippen LogP contribution in [0, 0.1) is 0 Å². The van der Waals surface area contributed by atoms with Crippen LogP contribution < -0.4 is 31.5 Å². The molecule has 232 valence electrons. The molecule has 0 amide bonds. The summed E-state index contributed by atoms with van der Waals surface area (Å²) in [5.41, 5.74) is 5.60. The van der Waals surface area contributed by atoms with Gasteiger partial charge in [0.25, 0.3) is 0 Å². The molecule has 4 N–H and O–H groups in total. The van der Waals surface area contributed by atoms with Gasteiger partial charge in [-0.1, -0.05) is 75.9 Å². The van der Waals surface area contributed by atoms with Crippen molar-refractivity contribution in [3.8, 4) is 0 Å². The summed E-state index contributed by atoms with van der Waals surface area (Å²) < 4.78 is 0. The SMILES string of the molecule is CCCCCC1(CCCCC)Nc2cccc3c(C4C([O-])C(c5ccc6c7c(cccc57)NC(C)(C)N6)C4[O-])ccc(c23)N1. The van der Waals surface area contributed by atoms with Crippen molar-refractivity contribution < 1.29 is 10.2 Å². The summed E-state index contributed by atoms with van der Waals surface area (Å²) >= 11 is 0. The second-order valence-electron chi connectivity index (χ2n) is 14.0. The van der Waals surface area contributed by atoms with Gasteiger partial charge in [0, 0.05) is 33.5 Å². The highest BCUT2D eigenvalue weighted by Crippen LogP contribution is 2.52. The van der Waals surface area contributed by atoms with Gasteiger partial charge in [-0.2, -0.15) is 0 Å². The van der Waals surface area contributed by atoms with Crippen molar-refractivity contribution >= 4 is 44.3 Å². The largest absolute Gasteiger partial charge is 0.851 e. The van der Waals surface area contributed by atoms with Crippen molar-refractivity contribution in [1.82, 2.24) is 0 Å². The van der Waals surface area contributed by atoms with Crippen LogP contribution in [0.15, 0.2) is 60.7 Å². The Hall–Kier alpha value is -3.48. The molecule has 4 aromatic rings. The minimum atomic E-state index is -1.00. The highest BCUT2D eigenvalue weighted by molar-refractivity contribution is 6.08. The molecule has 0 saturated heterocycles. The first kappa shape index (κ1) is 29.2. The van der Waals surface area contributed by atoms with Crippen LogP contribution in [0.3, 0.4) is 0 Å². The van der Waals surface area contributed by atoms with Crippen molar-refractivity contribution in [3.63, 3.8) is 0 Å². The Labute approximate surface area is 261 Å². The summed E-state index contributed by atoms with van der Waals surface area (Å²) in [5.74, 6) is -1.16. The quantitative estimate of drug-likeness (QED) is 0.142. The molecule has 2 heterocycles. The molecule has 0 aromatic heterocycles. The van der Waals surface area contributed by atoms with Gasteiger partial charge in [-0.25, -0.2) is 0 Å². The zero-order valence-corrected chi connectivity index (χ0v) is 26.6. The average molecular weight is 591 g/mol. The Morgan fingerprint density at radius 3 is 1.48 bits per heavy atom. The fraction of sp³-hybridized carbons (Fsp3) is 0.474. The topological polar surface area (TPSA) is 94.2 Å². The van der Waals surface area contributed by atoms with Gasteiger partial charge in [0.05, 0.1) is 0 Å². The third kappa shape index (κ3) is 4.78. The van der Waals surface area contributed by atoms with E-state index in [0.29, 0.717) is 0 Å². The van der Waals surface area contributed by atoms with Crippen molar-refractivity contribution in [2.24, 2.45) is 0 Å². The van der Waals surface area contributed by atoms with Crippen molar-refractivity contribution in [1.29, 1.82) is 0 Å². The zero-order chi connectivity index (χ0) is 30.6. The van der Waals surface area contributed by atoms with E-state index < -0.39 is 24.0 Å². The number of nitrogens with one attached hydrogen (secondary N) is 4. The van der Waals surface area contributed by atoms with Gasteiger partial charge in [-0.15, -0.1) is 12.2 Å². The smallest absolute Gasteiger partial charge is 0.108 e. The molecule has 3 aliphatic rings. The molecule has 7 rings (SSSR count). The van der Waals surface area contributed by atoms with E-state index in [2.05, 4.69) is 91.4 Å². The Balaban J connectivity index is 1.21. The van der Waals surface area contributed by atoms with Crippen LogP contribution in [-0.2, 0) is 0 Å². The van der Waals surface area contributed by atoms with Crippen LogP contribution in [0.5, 0.6) is 0 Å². The predicted octanol–water partition coefficient (Wildman–Crippen LogP) is 7.60. The highest BCUT2D eigenvalue weighted by atomic mass is 16.3. The lowest BCUT2D eigenvalue weighted by atomic mass is 9.62. The summed E-state index contributed by atoms with van der Waals surface area (Å²) in [5, 5.41) is 47.3. The molecule has 4 aromatic carbocycles. The van der Waals surface area contributed by atoms with E-state index in [9.17, 15) is 10.2 Å². The van der Waals surface area contributed by atoms with Gasteiger partial charge in [-0.3, -0.25) is 0 Å². The standard InChI is InChI=1S/C38H46N4O2/c1-5-7-9-21-38(22-10-8-6-2)41-28-16-12-14-24-26(18-20-30(42-38)32(24)28)34-35(43)33(36(34)44)25-17-19-29-31-23(25)13-11-15-27(31)39-37(3,4)40-29/h11-20,33-36,39-42H,5-10,21-22H2,1-4H3/q-2. The second kappa shape index (κ2) is 11.1. The normalized spacial score (nSPS) is 24.1. The first-order chi connectivity index (χ1) is 21.3. The third-order valence-corrected chi connectivity index (χ3v) is 10.3. The van der Waals surface area contributed by atoms with Crippen LogP contribution in [0.25, 0.3) is 21.5 Å². The van der Waals surface area contributed by atoms with E-state index >= 15 is 0 Å². The monoisotopic (exact) mass is 590 g/mol. The lowest BCUT2D eigenvalue weighted by Crippen LogP contribution is -2.63. The van der Waals surface area contributed by atoms with Crippen molar-refractivity contribution in [2.45, 2.75) is 114 Å². The first-order valence-electron chi connectivity index (χ1n) is 16.8. The molecule has 2 unspecified atom stereocenters. The van der Waals surface area contributed by atoms with Gasteiger partial charge in [0.2, 0.25) is 0 Å². The van der Waals surface area contributed by atoms with Crippen molar-refractivity contribution in [2.75, 3.05) is 21.3 Å². The van der Waals surface area contributed by atoms with E-state index in [1.807, 2.05) is 18.2 Å². The molecule has 1 fully saturated rings. The van der Waals surface area contributed by atoms with E-state index in [4.69, 9.17) is 0 Å². The highest BCUT2D eigenvalue weighted by Gasteiger charge is 2.41. The molecule has 6 heteroatoms. The minimum absolute atomic E-state index is 0.176. The number of anilines is 4. The molecule has 2 aliphatic heterocycles. The molecule has 0 radical (unpaired) electrons. The fourth-order valence-corrected chi connectivity index (χ4v) is 8.22. The summed E-state index contributed by atoms with van der Waals surface area (Å²) in [7, 11) is 0. The molecule has 6 nitrogen and oxygen atoms in total. The van der Waals surface area contributed by atoms with E-state index in [1.54, 1.807) is 0 Å². The second-order valence-corrected chi connectivity index (χ2v) is 14.0. The fourth-order valence-electron chi connectivity index (χ4n) is 8.22. The molecule has 1 aliphatic carbocycles. The van der Waals surface area contributed by atoms with E-state index in [1.165, 1.54) is 38.5 Å². The summed E-state index contributed by atoms with van der Waals surface area (Å²) in [6.45, 7) is 8.71. The van der Waals surface area contributed by atoms with Crippen LogP contribution >= 0.6 is 0 Å². The van der Waals surface area contributed by atoms with Crippen LogP contribution in [-0.4, -0.2) is 23.5 Å². The summed E-state index contributed by atoms with van der Waals surface area (Å²) in [6.07, 6.45) is 7.31. The number of benzene rings is 4. The lowest BCUT2D eigenvalue weighted by Gasteiger charge is -2.62. The first-order valence-corrected chi connectivity index (χ1v) is 16.8. The number of hydrogen-bond acceptors (Lipinski definition) is 6. The Kier molecular flexibility index (Phi) is 7.41. The summed E-state index contributed by atoms with van der Waals surface area (Å²) in [4.78, 5) is 0. The maximum Gasteiger partial charge on any atom is 0.108 e. The maximum atomic E-state index is 14.1. The molecule has 0 bridgehead atoms. The Bertz CT molecular complexity index is 1650. The molecule has 2 atom stereocenters. The maximum absolute atomic E-state index is 14.1. The van der Waals surface area contributed by atoms with Crippen molar-refractivity contribution in [3.05, 3.63) is 71.8 Å². The molecule has 1 saturated carbocycles. The molecular weight excluding hydrogens is 544 g/mol. The van der Waals surface area contributed by atoms with Gasteiger partial charge >= 0.3 is 0 Å². The number of unbranched alkanes of at least 4 members (excludes halogenated alkanes) is 4. The molecular formula is C38H46N4O2-2. The van der Waals surface area contributed by atoms with E-state index in [-0.39, 0.29) is 11.3 Å². The van der Waals surface area contributed by atoms with Crippen LogP contribution in [0.4, 0.5) is 22.7 Å². The van der Waals surface area contributed by atoms with Crippen LogP contribution in [0.2, 0.25) is 0 Å². The van der Waals surface area contributed by atoms with Gasteiger partial charge in [0.1, 0.15) is 11.3 Å². The number of hydrogen-bond donors (Lipinski definition) is 4. The Morgan fingerprint density at radius 1 is 0.568 bits per heavy atom. The minimum Gasteiger partial charge on any atom is -0.851 e. The van der Waals surface area contributed by atoms with Crippen LogP contribution in [0.1, 0.15) is 102 Å². The molecule has 0 spiro atoms. The average Bonchev–Trinajstić information content (AvgIpc) is 2.99. The third-order valence-electron chi connectivity index (χ3n) is 10.3. The Morgan fingerprint density at radius 2 is 1.00 bits per heavy atom. The van der Waals surface area contributed by atoms with E-state index in [0.717, 1.165) is 68.3 Å². The van der Waals surface area contributed by atoms with Gasteiger partial charge < -0.3 is 31.5 Å².